The Kier molecular flexibility index (Phi) is 4.97. The number of hydrogen-bond donors (Lipinski definition) is 0. The molecule has 3 nitrogen and oxygen atoms in total. The molecule has 23 heavy (non-hydrogen) atoms. The zero-order chi connectivity index (χ0) is 16.2. The summed E-state index contributed by atoms with van der Waals surface area (Å²) in [7, 11) is 4.09. The minimum absolute atomic E-state index is 0.493. The zero-order valence-corrected chi connectivity index (χ0v) is 14.5. The van der Waals surface area contributed by atoms with E-state index >= 15 is 0 Å². The van der Waals surface area contributed by atoms with Crippen LogP contribution in [0.2, 0.25) is 0 Å². The van der Waals surface area contributed by atoms with Crippen LogP contribution in [0.1, 0.15) is 42.1 Å². The number of rotatable bonds is 4. The topological polar surface area (TPSA) is 19.4 Å². The molecule has 0 unspecified atom stereocenters. The summed E-state index contributed by atoms with van der Waals surface area (Å²) in [6.07, 6.45) is 3.84. The highest BCUT2D eigenvalue weighted by Gasteiger charge is 2.25. The molecule has 1 aliphatic rings. The van der Waals surface area contributed by atoms with E-state index in [1.165, 1.54) is 42.6 Å². The third-order valence-electron chi connectivity index (χ3n) is 4.77. The molecule has 2 heterocycles. The Bertz CT molecular complexity index is 637. The Morgan fingerprint density at radius 3 is 2.57 bits per heavy atom. The molecule has 1 aromatic heterocycles. The maximum Gasteiger partial charge on any atom is 0.128 e. The van der Waals surface area contributed by atoms with Crippen LogP contribution in [-0.2, 0) is 6.54 Å². The fourth-order valence-corrected chi connectivity index (χ4v) is 3.51. The van der Waals surface area contributed by atoms with Gasteiger partial charge in [-0.3, -0.25) is 4.90 Å². The molecule has 122 valence electrons. The van der Waals surface area contributed by atoms with Gasteiger partial charge >= 0.3 is 0 Å². The summed E-state index contributed by atoms with van der Waals surface area (Å²) in [5.41, 5.74) is 3.96. The smallest absolute Gasteiger partial charge is 0.128 e. The molecular weight excluding hydrogens is 282 g/mol. The predicted molar refractivity (Wildman–Crippen MR) is 96.7 cm³/mol. The van der Waals surface area contributed by atoms with Crippen molar-refractivity contribution in [1.82, 2.24) is 9.88 Å². The minimum Gasteiger partial charge on any atom is -0.363 e. The Morgan fingerprint density at radius 2 is 1.87 bits per heavy atom. The average Bonchev–Trinajstić information content (AvgIpc) is 2.56. The number of piperidine rings is 1. The lowest BCUT2D eigenvalue weighted by Gasteiger charge is -2.36. The zero-order valence-electron chi connectivity index (χ0n) is 14.5. The number of anilines is 1. The summed E-state index contributed by atoms with van der Waals surface area (Å²) in [6.45, 7) is 4.35. The van der Waals surface area contributed by atoms with Crippen molar-refractivity contribution >= 4 is 5.82 Å². The first-order chi connectivity index (χ1) is 11.1. The summed E-state index contributed by atoms with van der Waals surface area (Å²) >= 11 is 0. The average molecular weight is 309 g/mol. The standard InChI is InChI=1S/C20H27N3/c1-16-18(12-13-20(21-16)22(2)3)19-11-7-8-14-23(19)15-17-9-5-4-6-10-17/h4-6,9-10,12-13,19H,7-8,11,14-15H2,1-3H3/t19-/m1/s1. The van der Waals surface area contributed by atoms with Crippen LogP contribution < -0.4 is 4.90 Å². The van der Waals surface area contributed by atoms with Gasteiger partial charge in [-0.2, -0.15) is 0 Å². The highest BCUT2D eigenvalue weighted by molar-refractivity contribution is 5.41. The van der Waals surface area contributed by atoms with E-state index in [-0.39, 0.29) is 0 Å². The summed E-state index contributed by atoms with van der Waals surface area (Å²) in [5, 5.41) is 0. The molecule has 3 heteroatoms. The van der Waals surface area contributed by atoms with E-state index < -0.39 is 0 Å². The number of benzene rings is 1. The van der Waals surface area contributed by atoms with E-state index in [9.17, 15) is 0 Å². The molecule has 1 fully saturated rings. The van der Waals surface area contributed by atoms with Crippen molar-refractivity contribution in [2.24, 2.45) is 0 Å². The lowest BCUT2D eigenvalue weighted by molar-refractivity contribution is 0.139. The highest BCUT2D eigenvalue weighted by Crippen LogP contribution is 2.34. The monoisotopic (exact) mass is 309 g/mol. The quantitative estimate of drug-likeness (QED) is 0.844. The van der Waals surface area contributed by atoms with Gasteiger partial charge in [0.25, 0.3) is 0 Å². The van der Waals surface area contributed by atoms with Gasteiger partial charge in [-0.1, -0.05) is 42.8 Å². The fraction of sp³-hybridized carbons (Fsp3) is 0.450. The van der Waals surface area contributed by atoms with Gasteiger partial charge in [-0.15, -0.1) is 0 Å². The Labute approximate surface area is 140 Å². The van der Waals surface area contributed by atoms with Crippen molar-refractivity contribution in [1.29, 1.82) is 0 Å². The molecule has 0 aliphatic carbocycles. The van der Waals surface area contributed by atoms with Gasteiger partial charge in [-0.05, 0) is 43.5 Å². The van der Waals surface area contributed by atoms with Gasteiger partial charge in [0.05, 0.1) is 0 Å². The number of aromatic nitrogens is 1. The van der Waals surface area contributed by atoms with Crippen LogP contribution in [0.5, 0.6) is 0 Å². The number of nitrogens with zero attached hydrogens (tertiary/aromatic N) is 3. The molecule has 0 radical (unpaired) electrons. The number of pyridine rings is 1. The fourth-order valence-electron chi connectivity index (χ4n) is 3.51. The molecule has 1 saturated heterocycles. The van der Waals surface area contributed by atoms with Crippen LogP contribution in [0.25, 0.3) is 0 Å². The van der Waals surface area contributed by atoms with E-state index in [4.69, 9.17) is 4.98 Å². The third kappa shape index (κ3) is 3.73. The molecule has 3 rings (SSSR count). The van der Waals surface area contributed by atoms with Crippen molar-refractivity contribution in [2.45, 2.75) is 38.8 Å². The second kappa shape index (κ2) is 7.14. The summed E-state index contributed by atoms with van der Waals surface area (Å²) < 4.78 is 0. The van der Waals surface area contributed by atoms with E-state index in [0.29, 0.717) is 6.04 Å². The van der Waals surface area contributed by atoms with E-state index in [1.54, 1.807) is 0 Å². The van der Waals surface area contributed by atoms with Crippen LogP contribution in [-0.4, -0.2) is 30.5 Å². The van der Waals surface area contributed by atoms with Crippen LogP contribution in [0.15, 0.2) is 42.5 Å². The first-order valence-electron chi connectivity index (χ1n) is 8.58. The van der Waals surface area contributed by atoms with Gasteiger partial charge in [0.1, 0.15) is 5.82 Å². The molecule has 2 aromatic rings. The van der Waals surface area contributed by atoms with Crippen molar-refractivity contribution in [3.05, 3.63) is 59.3 Å². The van der Waals surface area contributed by atoms with Gasteiger partial charge in [0, 0.05) is 32.4 Å². The maximum atomic E-state index is 4.79. The first-order valence-corrected chi connectivity index (χ1v) is 8.58. The second-order valence-corrected chi connectivity index (χ2v) is 6.71. The van der Waals surface area contributed by atoms with E-state index in [0.717, 1.165) is 12.4 Å². The predicted octanol–water partition coefficient (Wildman–Crippen LogP) is 4.18. The lowest BCUT2D eigenvalue weighted by Crippen LogP contribution is -2.33. The molecule has 0 bridgehead atoms. The van der Waals surface area contributed by atoms with Crippen LogP contribution in [0.4, 0.5) is 5.82 Å². The molecular formula is C20H27N3. The summed E-state index contributed by atoms with van der Waals surface area (Å²) in [6, 6.07) is 15.7. The van der Waals surface area contributed by atoms with Crippen molar-refractivity contribution in [2.75, 3.05) is 25.5 Å². The van der Waals surface area contributed by atoms with Crippen LogP contribution >= 0.6 is 0 Å². The van der Waals surface area contributed by atoms with E-state index in [1.807, 2.05) is 14.1 Å². The van der Waals surface area contributed by atoms with Gasteiger partial charge in [-0.25, -0.2) is 4.98 Å². The van der Waals surface area contributed by atoms with Crippen molar-refractivity contribution in [3.63, 3.8) is 0 Å². The Hall–Kier alpha value is -1.87. The van der Waals surface area contributed by atoms with E-state index in [2.05, 4.69) is 59.2 Å². The molecule has 1 aromatic carbocycles. The number of hydrogen-bond acceptors (Lipinski definition) is 3. The van der Waals surface area contributed by atoms with Crippen LogP contribution in [0, 0.1) is 6.92 Å². The van der Waals surface area contributed by atoms with Gasteiger partial charge in [0.2, 0.25) is 0 Å². The minimum atomic E-state index is 0.493. The van der Waals surface area contributed by atoms with Gasteiger partial charge in [0.15, 0.2) is 0 Å². The number of aryl methyl sites for hydroxylation is 1. The molecule has 0 spiro atoms. The van der Waals surface area contributed by atoms with Crippen LogP contribution in [0.3, 0.4) is 0 Å². The lowest BCUT2D eigenvalue weighted by atomic mass is 9.93. The maximum absolute atomic E-state index is 4.79. The Morgan fingerprint density at radius 1 is 1.09 bits per heavy atom. The molecule has 0 amide bonds. The Balaban J connectivity index is 1.84. The summed E-state index contributed by atoms with van der Waals surface area (Å²) in [5.74, 6) is 1.04. The molecule has 1 atom stereocenters. The highest BCUT2D eigenvalue weighted by atomic mass is 15.2. The normalized spacial score (nSPS) is 18.8. The molecule has 0 saturated carbocycles. The number of likely N-dealkylation sites (tertiary alicyclic amines) is 1. The summed E-state index contributed by atoms with van der Waals surface area (Å²) in [4.78, 5) is 9.48. The first kappa shape index (κ1) is 16.0. The van der Waals surface area contributed by atoms with Crippen molar-refractivity contribution < 1.29 is 0 Å². The SMILES string of the molecule is Cc1nc(N(C)C)ccc1[C@H]1CCCCN1Cc1ccccc1. The van der Waals surface area contributed by atoms with Crippen molar-refractivity contribution in [3.8, 4) is 0 Å². The molecule has 1 aliphatic heterocycles. The third-order valence-corrected chi connectivity index (χ3v) is 4.77. The molecule has 0 N–H and O–H groups in total. The largest absolute Gasteiger partial charge is 0.363 e. The van der Waals surface area contributed by atoms with Gasteiger partial charge < -0.3 is 4.90 Å². The second-order valence-electron chi connectivity index (χ2n) is 6.71.